The standard InChI is InChI=1S/C17H11N5O3/c18-15-14-12-7-6-11(22(24)25)8-13(12)17(23)21(16(14)20-9-19-15)10-4-2-1-3-5-10/h1-9H,(H2,18,19,20). The molecule has 25 heavy (non-hydrogen) atoms. The van der Waals surface area contributed by atoms with Crippen molar-refractivity contribution >= 4 is 33.3 Å². The number of hydrogen-bond acceptors (Lipinski definition) is 6. The van der Waals surface area contributed by atoms with Crippen LogP contribution in [0.1, 0.15) is 0 Å². The molecule has 8 nitrogen and oxygen atoms in total. The number of nitro groups is 1. The van der Waals surface area contributed by atoms with Gasteiger partial charge in [-0.1, -0.05) is 18.2 Å². The number of nitrogens with zero attached hydrogens (tertiary/aromatic N) is 4. The average Bonchev–Trinajstić information content (AvgIpc) is 2.62. The highest BCUT2D eigenvalue weighted by Crippen LogP contribution is 2.29. The lowest BCUT2D eigenvalue weighted by molar-refractivity contribution is -0.384. The molecule has 0 saturated carbocycles. The van der Waals surface area contributed by atoms with Crippen LogP contribution in [0.25, 0.3) is 27.5 Å². The molecule has 0 radical (unpaired) electrons. The molecule has 0 spiro atoms. The predicted octanol–water partition coefficient (Wildman–Crippen LogP) is 2.42. The van der Waals surface area contributed by atoms with Crippen molar-refractivity contribution < 1.29 is 4.92 Å². The Morgan fingerprint density at radius 2 is 1.80 bits per heavy atom. The van der Waals surface area contributed by atoms with E-state index in [0.717, 1.165) is 0 Å². The predicted molar refractivity (Wildman–Crippen MR) is 93.7 cm³/mol. The van der Waals surface area contributed by atoms with Gasteiger partial charge in [-0.15, -0.1) is 0 Å². The smallest absolute Gasteiger partial charge is 0.270 e. The lowest BCUT2D eigenvalue weighted by Gasteiger charge is -2.13. The van der Waals surface area contributed by atoms with Gasteiger partial charge >= 0.3 is 0 Å². The summed E-state index contributed by atoms with van der Waals surface area (Å²) in [5.74, 6) is 0.202. The van der Waals surface area contributed by atoms with E-state index >= 15 is 0 Å². The molecule has 0 atom stereocenters. The number of pyridine rings is 1. The van der Waals surface area contributed by atoms with Gasteiger partial charge in [-0.05, 0) is 18.2 Å². The van der Waals surface area contributed by atoms with Crippen molar-refractivity contribution in [3.8, 4) is 5.69 Å². The van der Waals surface area contributed by atoms with Crippen LogP contribution >= 0.6 is 0 Å². The van der Waals surface area contributed by atoms with E-state index in [1.807, 2.05) is 6.07 Å². The molecule has 4 aromatic rings. The summed E-state index contributed by atoms with van der Waals surface area (Å²) in [4.78, 5) is 31.8. The van der Waals surface area contributed by atoms with Gasteiger partial charge in [-0.3, -0.25) is 19.5 Å². The van der Waals surface area contributed by atoms with Gasteiger partial charge in [0, 0.05) is 17.5 Å². The largest absolute Gasteiger partial charge is 0.383 e. The lowest BCUT2D eigenvalue weighted by atomic mass is 10.1. The fourth-order valence-corrected chi connectivity index (χ4v) is 2.89. The van der Waals surface area contributed by atoms with Crippen molar-refractivity contribution in [1.82, 2.24) is 14.5 Å². The first-order chi connectivity index (χ1) is 12.1. The molecule has 0 aliphatic rings. The molecule has 2 heterocycles. The second-order valence-electron chi connectivity index (χ2n) is 5.42. The summed E-state index contributed by atoms with van der Waals surface area (Å²) < 4.78 is 1.39. The third-order valence-electron chi connectivity index (χ3n) is 4.00. The van der Waals surface area contributed by atoms with E-state index in [1.165, 1.54) is 29.1 Å². The highest BCUT2D eigenvalue weighted by atomic mass is 16.6. The fraction of sp³-hybridized carbons (Fsp3) is 0. The molecule has 0 bridgehead atoms. The lowest BCUT2D eigenvalue weighted by Crippen LogP contribution is -2.20. The Bertz CT molecular complexity index is 1200. The Hall–Kier alpha value is -3.81. The number of rotatable bonds is 2. The van der Waals surface area contributed by atoms with E-state index in [4.69, 9.17) is 5.73 Å². The first kappa shape index (κ1) is 14.8. The van der Waals surface area contributed by atoms with E-state index in [2.05, 4.69) is 9.97 Å². The zero-order valence-corrected chi connectivity index (χ0v) is 12.8. The van der Waals surface area contributed by atoms with Crippen LogP contribution in [-0.4, -0.2) is 19.5 Å². The van der Waals surface area contributed by atoms with Crippen LogP contribution in [0.5, 0.6) is 0 Å². The molecular weight excluding hydrogens is 322 g/mol. The van der Waals surface area contributed by atoms with Gasteiger partial charge in [-0.2, -0.15) is 0 Å². The monoisotopic (exact) mass is 333 g/mol. The number of hydrogen-bond donors (Lipinski definition) is 1. The van der Waals surface area contributed by atoms with Crippen LogP contribution in [0.15, 0.2) is 59.7 Å². The van der Waals surface area contributed by atoms with Crippen molar-refractivity contribution in [3.05, 3.63) is 75.3 Å². The Balaban J connectivity index is 2.27. The minimum atomic E-state index is -0.541. The van der Waals surface area contributed by atoms with Gasteiger partial charge in [-0.25, -0.2) is 9.97 Å². The Morgan fingerprint density at radius 3 is 2.52 bits per heavy atom. The van der Waals surface area contributed by atoms with Crippen LogP contribution < -0.4 is 11.3 Å². The summed E-state index contributed by atoms with van der Waals surface area (Å²) in [6.07, 6.45) is 1.29. The maximum atomic E-state index is 13.1. The van der Waals surface area contributed by atoms with Gasteiger partial charge in [0.25, 0.3) is 11.2 Å². The molecule has 0 amide bonds. The number of para-hydroxylation sites is 1. The highest BCUT2D eigenvalue weighted by molar-refractivity contribution is 6.10. The van der Waals surface area contributed by atoms with Gasteiger partial charge < -0.3 is 5.73 Å². The molecule has 8 heteroatoms. The van der Waals surface area contributed by atoms with Crippen molar-refractivity contribution in [1.29, 1.82) is 0 Å². The fourth-order valence-electron chi connectivity index (χ4n) is 2.89. The molecule has 122 valence electrons. The molecule has 0 aliphatic carbocycles. The molecule has 0 unspecified atom stereocenters. The van der Waals surface area contributed by atoms with Crippen molar-refractivity contribution in [2.24, 2.45) is 0 Å². The second-order valence-corrected chi connectivity index (χ2v) is 5.42. The van der Waals surface area contributed by atoms with Crippen molar-refractivity contribution in [2.75, 3.05) is 5.73 Å². The quantitative estimate of drug-likeness (QED) is 0.342. The molecule has 2 aromatic heterocycles. The molecule has 0 saturated heterocycles. The molecule has 4 rings (SSSR count). The first-order valence-electron chi connectivity index (χ1n) is 7.36. The van der Waals surface area contributed by atoms with Crippen LogP contribution in [-0.2, 0) is 0 Å². The minimum absolute atomic E-state index is 0.168. The number of aromatic nitrogens is 3. The Morgan fingerprint density at radius 1 is 1.04 bits per heavy atom. The third-order valence-corrected chi connectivity index (χ3v) is 4.00. The van der Waals surface area contributed by atoms with E-state index in [1.54, 1.807) is 24.3 Å². The number of nitrogens with two attached hydrogens (primary N) is 1. The van der Waals surface area contributed by atoms with Crippen LogP contribution in [0.3, 0.4) is 0 Å². The van der Waals surface area contributed by atoms with Crippen LogP contribution in [0.4, 0.5) is 11.5 Å². The van der Waals surface area contributed by atoms with E-state index in [9.17, 15) is 14.9 Å². The number of non-ortho nitro benzene ring substituents is 1. The number of nitro benzene ring substituents is 1. The molecule has 0 aliphatic heterocycles. The third kappa shape index (κ3) is 2.19. The van der Waals surface area contributed by atoms with Gasteiger partial charge in [0.15, 0.2) is 5.65 Å². The summed E-state index contributed by atoms with van der Waals surface area (Å²) in [5.41, 5.74) is 6.38. The van der Waals surface area contributed by atoms with Gasteiger partial charge in [0.05, 0.1) is 21.4 Å². The van der Waals surface area contributed by atoms with E-state index < -0.39 is 10.5 Å². The Kier molecular flexibility index (Phi) is 3.17. The van der Waals surface area contributed by atoms with E-state index in [0.29, 0.717) is 22.1 Å². The molecule has 2 N–H and O–H groups in total. The zero-order chi connectivity index (χ0) is 17.6. The van der Waals surface area contributed by atoms with Gasteiger partial charge in [0.1, 0.15) is 12.1 Å². The highest BCUT2D eigenvalue weighted by Gasteiger charge is 2.18. The summed E-state index contributed by atoms with van der Waals surface area (Å²) in [6.45, 7) is 0. The minimum Gasteiger partial charge on any atom is -0.383 e. The molecule has 0 fully saturated rings. The number of nitrogen functional groups attached to an aromatic ring is 1. The average molecular weight is 333 g/mol. The number of anilines is 1. The molecule has 2 aromatic carbocycles. The maximum absolute atomic E-state index is 13.1. The zero-order valence-electron chi connectivity index (χ0n) is 12.8. The summed E-state index contributed by atoms with van der Waals surface area (Å²) in [7, 11) is 0. The van der Waals surface area contributed by atoms with Crippen molar-refractivity contribution in [3.63, 3.8) is 0 Å². The number of fused-ring (bicyclic) bond motifs is 3. The normalized spacial score (nSPS) is 11.0. The van der Waals surface area contributed by atoms with E-state index in [-0.39, 0.29) is 16.9 Å². The van der Waals surface area contributed by atoms with Crippen LogP contribution in [0, 0.1) is 10.1 Å². The summed E-state index contributed by atoms with van der Waals surface area (Å²) >= 11 is 0. The Labute approximate surface area is 140 Å². The summed E-state index contributed by atoms with van der Waals surface area (Å²) in [5, 5.41) is 12.2. The van der Waals surface area contributed by atoms with Gasteiger partial charge in [0.2, 0.25) is 0 Å². The summed E-state index contributed by atoms with van der Waals surface area (Å²) in [6, 6.07) is 13.0. The van der Waals surface area contributed by atoms with Crippen LogP contribution in [0.2, 0.25) is 0 Å². The topological polar surface area (TPSA) is 117 Å². The number of benzene rings is 2. The SMILES string of the molecule is Nc1ncnc2c1c1ccc([N+](=O)[O-])cc1c(=O)n2-c1ccccc1. The van der Waals surface area contributed by atoms with Crippen molar-refractivity contribution in [2.45, 2.75) is 0 Å². The first-order valence-corrected chi connectivity index (χ1v) is 7.36. The second kappa shape index (κ2) is 5.38. The maximum Gasteiger partial charge on any atom is 0.270 e. The molecular formula is C17H11N5O3.